The molecule has 0 atom stereocenters. The fraction of sp³-hybridized carbons (Fsp3) is 0.421. The molecular formula is C19H25ClN4O. The number of halogens is 1. The second-order valence-corrected chi connectivity index (χ2v) is 6.33. The van der Waals surface area contributed by atoms with Crippen molar-refractivity contribution in [1.29, 1.82) is 0 Å². The van der Waals surface area contributed by atoms with Gasteiger partial charge in [-0.2, -0.15) is 0 Å². The Morgan fingerprint density at radius 2 is 1.72 bits per heavy atom. The topological polar surface area (TPSA) is 58.1 Å². The van der Waals surface area contributed by atoms with E-state index in [9.17, 15) is 4.79 Å². The Bertz CT molecular complexity index is 652. The third-order valence-electron chi connectivity index (χ3n) is 3.81. The fourth-order valence-electron chi connectivity index (χ4n) is 2.56. The molecule has 0 fully saturated rings. The Kier molecular flexibility index (Phi) is 7.67. The highest BCUT2D eigenvalue weighted by molar-refractivity contribution is 6.30. The fourth-order valence-corrected chi connectivity index (χ4v) is 2.68. The van der Waals surface area contributed by atoms with Gasteiger partial charge in [-0.1, -0.05) is 37.6 Å². The molecule has 1 amide bonds. The lowest BCUT2D eigenvalue weighted by Crippen LogP contribution is -2.28. The summed E-state index contributed by atoms with van der Waals surface area (Å²) in [4.78, 5) is 14.4. The van der Waals surface area contributed by atoms with Crippen molar-refractivity contribution in [2.24, 2.45) is 0 Å². The molecule has 25 heavy (non-hydrogen) atoms. The van der Waals surface area contributed by atoms with Crippen LogP contribution in [-0.2, 0) is 6.42 Å². The third-order valence-corrected chi connectivity index (χ3v) is 4.06. The molecular weight excluding hydrogens is 336 g/mol. The summed E-state index contributed by atoms with van der Waals surface area (Å²) in [7, 11) is 0. The van der Waals surface area contributed by atoms with Crippen LogP contribution in [0.5, 0.6) is 0 Å². The summed E-state index contributed by atoms with van der Waals surface area (Å²) in [5.41, 5.74) is 1.47. The van der Waals surface area contributed by atoms with E-state index in [1.807, 2.05) is 30.3 Å². The van der Waals surface area contributed by atoms with Crippen LogP contribution in [0.15, 0.2) is 36.4 Å². The Morgan fingerprint density at radius 1 is 1.04 bits per heavy atom. The lowest BCUT2D eigenvalue weighted by Gasteiger charge is -2.21. The summed E-state index contributed by atoms with van der Waals surface area (Å²) in [6.45, 7) is 6.70. The standard InChI is InChI=1S/C19H25ClN4O/c1-3-13-24(14-4-2)18-10-9-17(22-23-18)19(25)21-12-11-15-5-7-16(20)8-6-15/h5-10H,3-4,11-14H2,1-2H3,(H,21,25). The van der Waals surface area contributed by atoms with Crippen molar-refractivity contribution in [2.75, 3.05) is 24.5 Å². The zero-order chi connectivity index (χ0) is 18.1. The molecule has 0 saturated carbocycles. The second kappa shape index (κ2) is 9.99. The monoisotopic (exact) mass is 360 g/mol. The number of nitrogens with one attached hydrogen (secondary N) is 1. The molecule has 5 nitrogen and oxygen atoms in total. The van der Waals surface area contributed by atoms with Gasteiger partial charge in [-0.05, 0) is 49.1 Å². The van der Waals surface area contributed by atoms with E-state index in [1.165, 1.54) is 0 Å². The van der Waals surface area contributed by atoms with Crippen LogP contribution in [0, 0.1) is 0 Å². The maximum atomic E-state index is 12.2. The quantitative estimate of drug-likeness (QED) is 0.740. The highest BCUT2D eigenvalue weighted by atomic mass is 35.5. The Hall–Kier alpha value is -2.14. The maximum absolute atomic E-state index is 12.2. The molecule has 1 aromatic carbocycles. The highest BCUT2D eigenvalue weighted by Crippen LogP contribution is 2.11. The number of aromatic nitrogens is 2. The first-order valence-corrected chi connectivity index (χ1v) is 9.13. The SMILES string of the molecule is CCCN(CCC)c1ccc(C(=O)NCCc2ccc(Cl)cc2)nn1. The molecule has 1 N–H and O–H groups in total. The molecule has 0 aliphatic heterocycles. The minimum atomic E-state index is -0.203. The summed E-state index contributed by atoms with van der Waals surface area (Å²) in [5, 5.41) is 11.9. The number of carbonyl (C=O) groups is 1. The van der Waals surface area contributed by atoms with Gasteiger partial charge in [-0.15, -0.1) is 10.2 Å². The van der Waals surface area contributed by atoms with Crippen LogP contribution in [-0.4, -0.2) is 35.7 Å². The molecule has 0 aliphatic rings. The van der Waals surface area contributed by atoms with Crippen molar-refractivity contribution in [2.45, 2.75) is 33.1 Å². The third kappa shape index (κ3) is 6.02. The van der Waals surface area contributed by atoms with Gasteiger partial charge < -0.3 is 10.2 Å². The van der Waals surface area contributed by atoms with Crippen LogP contribution in [0.1, 0.15) is 42.7 Å². The van der Waals surface area contributed by atoms with Gasteiger partial charge in [0.05, 0.1) is 0 Å². The Labute approximate surface area is 154 Å². The van der Waals surface area contributed by atoms with Crippen molar-refractivity contribution in [3.63, 3.8) is 0 Å². The Morgan fingerprint density at radius 3 is 2.28 bits per heavy atom. The van der Waals surface area contributed by atoms with Crippen molar-refractivity contribution in [3.05, 3.63) is 52.7 Å². The average Bonchev–Trinajstić information content (AvgIpc) is 2.63. The van der Waals surface area contributed by atoms with E-state index >= 15 is 0 Å². The van der Waals surface area contributed by atoms with Gasteiger partial charge in [0.2, 0.25) is 0 Å². The van der Waals surface area contributed by atoms with E-state index in [2.05, 4.69) is 34.3 Å². The number of nitrogens with zero attached hydrogens (tertiary/aromatic N) is 3. The normalized spacial score (nSPS) is 10.5. The zero-order valence-electron chi connectivity index (χ0n) is 14.8. The number of benzene rings is 1. The van der Waals surface area contributed by atoms with Gasteiger partial charge in [-0.3, -0.25) is 4.79 Å². The van der Waals surface area contributed by atoms with Gasteiger partial charge in [0.1, 0.15) is 0 Å². The van der Waals surface area contributed by atoms with Gasteiger partial charge in [0.15, 0.2) is 11.5 Å². The first kappa shape index (κ1) is 19.2. The summed E-state index contributed by atoms with van der Waals surface area (Å²) < 4.78 is 0. The summed E-state index contributed by atoms with van der Waals surface area (Å²) >= 11 is 5.86. The van der Waals surface area contributed by atoms with Crippen molar-refractivity contribution in [1.82, 2.24) is 15.5 Å². The predicted octanol–water partition coefficient (Wildman–Crippen LogP) is 3.73. The van der Waals surface area contributed by atoms with Gasteiger partial charge in [-0.25, -0.2) is 0 Å². The average molecular weight is 361 g/mol. The first-order valence-electron chi connectivity index (χ1n) is 8.75. The Balaban J connectivity index is 1.87. The lowest BCUT2D eigenvalue weighted by molar-refractivity contribution is 0.0948. The lowest BCUT2D eigenvalue weighted by atomic mass is 10.1. The van der Waals surface area contributed by atoms with E-state index in [-0.39, 0.29) is 5.91 Å². The van der Waals surface area contributed by atoms with Crippen LogP contribution in [0.2, 0.25) is 5.02 Å². The highest BCUT2D eigenvalue weighted by Gasteiger charge is 2.11. The van der Waals surface area contributed by atoms with Crippen LogP contribution in [0.4, 0.5) is 5.82 Å². The molecule has 0 radical (unpaired) electrons. The zero-order valence-corrected chi connectivity index (χ0v) is 15.6. The molecule has 0 bridgehead atoms. The van der Waals surface area contributed by atoms with E-state index in [4.69, 9.17) is 11.6 Å². The largest absolute Gasteiger partial charge is 0.355 e. The number of carbonyl (C=O) groups excluding carboxylic acids is 1. The molecule has 2 aromatic rings. The van der Waals surface area contributed by atoms with Crippen molar-refractivity contribution in [3.8, 4) is 0 Å². The smallest absolute Gasteiger partial charge is 0.271 e. The van der Waals surface area contributed by atoms with Crippen molar-refractivity contribution >= 4 is 23.3 Å². The van der Waals surface area contributed by atoms with Gasteiger partial charge in [0.25, 0.3) is 5.91 Å². The molecule has 0 spiro atoms. The molecule has 1 heterocycles. The summed E-state index contributed by atoms with van der Waals surface area (Å²) in [6.07, 6.45) is 2.85. The number of amides is 1. The van der Waals surface area contributed by atoms with E-state index in [0.717, 1.165) is 43.7 Å². The van der Waals surface area contributed by atoms with Gasteiger partial charge >= 0.3 is 0 Å². The molecule has 134 valence electrons. The van der Waals surface area contributed by atoms with E-state index < -0.39 is 0 Å². The summed E-state index contributed by atoms with van der Waals surface area (Å²) in [5.74, 6) is 0.618. The number of anilines is 1. The second-order valence-electron chi connectivity index (χ2n) is 5.90. The van der Waals surface area contributed by atoms with Crippen LogP contribution >= 0.6 is 11.6 Å². The molecule has 0 unspecified atom stereocenters. The van der Waals surface area contributed by atoms with Gasteiger partial charge in [0, 0.05) is 24.7 Å². The van der Waals surface area contributed by atoms with E-state index in [1.54, 1.807) is 6.07 Å². The molecule has 6 heteroatoms. The molecule has 1 aromatic heterocycles. The number of rotatable bonds is 9. The van der Waals surface area contributed by atoms with Crippen LogP contribution in [0.3, 0.4) is 0 Å². The molecule has 0 saturated heterocycles. The minimum absolute atomic E-state index is 0.203. The van der Waals surface area contributed by atoms with Crippen LogP contribution in [0.25, 0.3) is 0 Å². The van der Waals surface area contributed by atoms with Crippen LogP contribution < -0.4 is 10.2 Å². The van der Waals surface area contributed by atoms with Crippen molar-refractivity contribution < 1.29 is 4.79 Å². The number of hydrogen-bond donors (Lipinski definition) is 1. The predicted molar refractivity (Wildman–Crippen MR) is 102 cm³/mol. The molecule has 0 aliphatic carbocycles. The molecule has 2 rings (SSSR count). The summed E-state index contributed by atoms with van der Waals surface area (Å²) in [6, 6.07) is 11.2. The first-order chi connectivity index (χ1) is 12.1. The maximum Gasteiger partial charge on any atom is 0.271 e. The van der Waals surface area contributed by atoms with E-state index in [0.29, 0.717) is 17.3 Å². The minimum Gasteiger partial charge on any atom is -0.355 e. The number of hydrogen-bond acceptors (Lipinski definition) is 4.